The molecule has 0 saturated carbocycles. The molecule has 0 atom stereocenters. The van der Waals surface area contributed by atoms with Crippen LogP contribution in [0.25, 0.3) is 10.9 Å². The minimum absolute atomic E-state index is 0.176. The molecule has 0 unspecified atom stereocenters. The van der Waals surface area contributed by atoms with E-state index in [1.54, 1.807) is 12.3 Å². The van der Waals surface area contributed by atoms with Crippen molar-refractivity contribution in [2.45, 2.75) is 39.4 Å². The lowest BCUT2D eigenvalue weighted by Crippen LogP contribution is -2.20. The Labute approximate surface area is 218 Å². The normalized spacial score (nSPS) is 11.5. The van der Waals surface area contributed by atoms with Gasteiger partial charge in [-0.05, 0) is 57.0 Å². The van der Waals surface area contributed by atoms with Gasteiger partial charge >= 0.3 is 0 Å². The smallest absolute Gasteiger partial charge is 0.250 e. The van der Waals surface area contributed by atoms with Crippen LogP contribution in [0.2, 0.25) is 10.0 Å². The second-order valence-electron chi connectivity index (χ2n) is 8.31. The van der Waals surface area contributed by atoms with Gasteiger partial charge in [-0.1, -0.05) is 59.2 Å². The second kappa shape index (κ2) is 10.8. The van der Waals surface area contributed by atoms with Gasteiger partial charge in [-0.15, -0.1) is 0 Å². The molecule has 2 aromatic carbocycles. The van der Waals surface area contributed by atoms with E-state index in [1.165, 1.54) is 11.8 Å². The number of hydrogen-bond acceptors (Lipinski definition) is 5. The molecule has 6 nitrogen and oxygen atoms in total. The lowest BCUT2D eigenvalue weighted by atomic mass is 10.1. The Bertz CT molecular complexity index is 1430. The Kier molecular flexibility index (Phi) is 7.79. The first-order valence-corrected chi connectivity index (χ1v) is 12.8. The number of hydrogen-bond donors (Lipinski definition) is 1. The molecule has 0 spiro atoms. The van der Waals surface area contributed by atoms with E-state index >= 15 is 0 Å². The van der Waals surface area contributed by atoms with Crippen LogP contribution in [0.5, 0.6) is 0 Å². The summed E-state index contributed by atoms with van der Waals surface area (Å²) in [5.74, 6) is -0.0469. The number of aromatic nitrogens is 3. The molecule has 0 bridgehead atoms. The summed E-state index contributed by atoms with van der Waals surface area (Å²) in [5, 5.41) is 7.11. The fraction of sp³-hybridized carbons (Fsp3) is 0.231. The summed E-state index contributed by atoms with van der Waals surface area (Å²) in [6, 6.07) is 13.6. The summed E-state index contributed by atoms with van der Waals surface area (Å²) in [4.78, 5) is 21.1. The molecule has 0 aliphatic rings. The quantitative estimate of drug-likeness (QED) is 0.134. The summed E-state index contributed by atoms with van der Waals surface area (Å²) < 4.78 is 2.22. The lowest BCUT2D eigenvalue weighted by Gasteiger charge is -2.12. The molecule has 0 radical (unpaired) electrons. The first-order valence-electron chi connectivity index (χ1n) is 11.0. The van der Waals surface area contributed by atoms with Gasteiger partial charge in [0.05, 0.1) is 17.5 Å². The van der Waals surface area contributed by atoms with Gasteiger partial charge < -0.3 is 4.57 Å². The fourth-order valence-electron chi connectivity index (χ4n) is 4.01. The maximum Gasteiger partial charge on any atom is 0.250 e. The van der Waals surface area contributed by atoms with Crippen LogP contribution in [0, 0.1) is 27.7 Å². The average molecular weight is 526 g/mol. The van der Waals surface area contributed by atoms with Crippen molar-refractivity contribution in [2.75, 3.05) is 5.75 Å². The highest BCUT2D eigenvalue weighted by atomic mass is 35.5. The van der Waals surface area contributed by atoms with Crippen molar-refractivity contribution in [3.8, 4) is 0 Å². The molecule has 1 N–H and O–H groups in total. The van der Waals surface area contributed by atoms with Crippen molar-refractivity contribution in [2.24, 2.45) is 5.10 Å². The Hall–Kier alpha value is -2.87. The van der Waals surface area contributed by atoms with E-state index in [0.717, 1.165) is 44.7 Å². The van der Waals surface area contributed by atoms with Crippen LogP contribution in [-0.4, -0.2) is 32.4 Å². The average Bonchev–Trinajstić information content (AvgIpc) is 3.06. The SMILES string of the molecule is Cc1cc(C)nc(SCC(=O)N/N=C/c2c(C)n(Cc3ccc(Cl)cc3Cl)c3c(C)cccc23)n1. The standard InChI is InChI=1S/C26H25Cl2N5OS/c1-15-6-5-7-21-22(12-29-32-24(34)14-35-26-30-16(2)10-17(3)31-26)18(4)33(25(15)21)13-19-8-9-20(27)11-23(19)28/h5-12H,13-14H2,1-4H3,(H,32,34)/b29-12+. The Morgan fingerprint density at radius 1 is 1.09 bits per heavy atom. The molecule has 4 aromatic rings. The summed E-state index contributed by atoms with van der Waals surface area (Å²) in [6.45, 7) is 8.53. The van der Waals surface area contributed by atoms with Crippen LogP contribution in [-0.2, 0) is 11.3 Å². The van der Waals surface area contributed by atoms with Crippen molar-refractivity contribution < 1.29 is 4.79 Å². The minimum Gasteiger partial charge on any atom is -0.340 e. The van der Waals surface area contributed by atoms with E-state index in [9.17, 15) is 4.79 Å². The van der Waals surface area contributed by atoms with Crippen LogP contribution < -0.4 is 5.43 Å². The zero-order chi connectivity index (χ0) is 25.1. The molecule has 0 saturated heterocycles. The number of carbonyl (C=O) groups excluding carboxylic acids is 1. The first-order chi connectivity index (χ1) is 16.7. The van der Waals surface area contributed by atoms with Gasteiger partial charge in [0, 0.05) is 44.6 Å². The predicted molar refractivity (Wildman–Crippen MR) is 145 cm³/mol. The minimum atomic E-state index is -0.223. The molecular weight excluding hydrogens is 501 g/mol. The van der Waals surface area contributed by atoms with Crippen LogP contribution in [0.1, 0.15) is 33.8 Å². The number of aryl methyl sites for hydroxylation is 3. The molecule has 1 amide bonds. The molecule has 4 rings (SSSR count). The van der Waals surface area contributed by atoms with Gasteiger partial charge in [0.25, 0.3) is 5.91 Å². The van der Waals surface area contributed by atoms with Gasteiger partial charge in [0.1, 0.15) is 0 Å². The highest BCUT2D eigenvalue weighted by Crippen LogP contribution is 2.30. The number of nitrogens with one attached hydrogen (secondary N) is 1. The first kappa shape index (κ1) is 25.2. The molecular formula is C26H25Cl2N5OS. The van der Waals surface area contributed by atoms with Crippen molar-refractivity contribution in [1.29, 1.82) is 0 Å². The van der Waals surface area contributed by atoms with Crippen molar-refractivity contribution in [1.82, 2.24) is 20.0 Å². The monoisotopic (exact) mass is 525 g/mol. The van der Waals surface area contributed by atoms with E-state index in [2.05, 4.69) is 44.1 Å². The van der Waals surface area contributed by atoms with Crippen molar-refractivity contribution >= 4 is 58.0 Å². The number of halogens is 2. The topological polar surface area (TPSA) is 72.2 Å². The van der Waals surface area contributed by atoms with Crippen LogP contribution in [0.3, 0.4) is 0 Å². The maximum atomic E-state index is 12.4. The second-order valence-corrected chi connectivity index (χ2v) is 10.1. The van der Waals surface area contributed by atoms with Crippen molar-refractivity contribution in [3.63, 3.8) is 0 Å². The van der Waals surface area contributed by atoms with Crippen LogP contribution >= 0.6 is 35.0 Å². The van der Waals surface area contributed by atoms with Gasteiger partial charge in [0.2, 0.25) is 0 Å². The predicted octanol–water partition coefficient (Wildman–Crippen LogP) is 6.26. The number of thioether (sulfide) groups is 1. The summed E-state index contributed by atoms with van der Waals surface area (Å²) in [7, 11) is 0. The highest BCUT2D eigenvalue weighted by molar-refractivity contribution is 7.99. The molecule has 0 fully saturated rings. The third kappa shape index (κ3) is 5.86. The van der Waals surface area contributed by atoms with Gasteiger partial charge in [-0.2, -0.15) is 5.10 Å². The molecule has 180 valence electrons. The van der Waals surface area contributed by atoms with E-state index in [4.69, 9.17) is 23.2 Å². The zero-order valence-corrected chi connectivity index (χ0v) is 22.2. The van der Waals surface area contributed by atoms with Gasteiger partial charge in [-0.3, -0.25) is 4.79 Å². The van der Waals surface area contributed by atoms with Crippen LogP contribution in [0.15, 0.2) is 52.7 Å². The number of nitrogens with zero attached hydrogens (tertiary/aromatic N) is 4. The number of fused-ring (bicyclic) bond motifs is 1. The van der Waals surface area contributed by atoms with E-state index in [1.807, 2.05) is 45.0 Å². The number of amides is 1. The Balaban J connectivity index is 1.54. The number of rotatable bonds is 7. The molecule has 9 heteroatoms. The van der Waals surface area contributed by atoms with E-state index in [-0.39, 0.29) is 11.7 Å². The van der Waals surface area contributed by atoms with Crippen molar-refractivity contribution in [3.05, 3.63) is 86.3 Å². The van der Waals surface area contributed by atoms with E-state index < -0.39 is 0 Å². The van der Waals surface area contributed by atoms with Gasteiger partial charge in [-0.25, -0.2) is 15.4 Å². The Morgan fingerprint density at radius 3 is 2.54 bits per heavy atom. The Morgan fingerprint density at radius 2 is 1.83 bits per heavy atom. The number of benzene rings is 2. The lowest BCUT2D eigenvalue weighted by molar-refractivity contribution is -0.118. The third-order valence-corrected chi connectivity index (χ3v) is 7.05. The third-order valence-electron chi connectivity index (χ3n) is 5.61. The summed E-state index contributed by atoms with van der Waals surface area (Å²) in [6.07, 6.45) is 1.70. The maximum absolute atomic E-state index is 12.4. The fourth-order valence-corrected chi connectivity index (χ4v) is 5.22. The number of carbonyl (C=O) groups is 1. The summed E-state index contributed by atoms with van der Waals surface area (Å²) in [5.41, 5.74) is 9.56. The van der Waals surface area contributed by atoms with Crippen LogP contribution in [0.4, 0.5) is 0 Å². The molecule has 0 aliphatic heterocycles. The number of para-hydroxylation sites is 1. The number of hydrazone groups is 1. The largest absolute Gasteiger partial charge is 0.340 e. The highest BCUT2D eigenvalue weighted by Gasteiger charge is 2.16. The molecule has 35 heavy (non-hydrogen) atoms. The molecule has 0 aliphatic carbocycles. The van der Waals surface area contributed by atoms with Gasteiger partial charge in [0.15, 0.2) is 5.16 Å². The molecule has 2 aromatic heterocycles. The zero-order valence-electron chi connectivity index (χ0n) is 19.9. The van der Waals surface area contributed by atoms with E-state index in [0.29, 0.717) is 21.7 Å². The molecule has 2 heterocycles. The summed E-state index contributed by atoms with van der Waals surface area (Å²) >= 11 is 13.8.